The van der Waals surface area contributed by atoms with Crippen LogP contribution in [0.3, 0.4) is 0 Å². The lowest BCUT2D eigenvalue weighted by molar-refractivity contribution is 0.468. The van der Waals surface area contributed by atoms with Gasteiger partial charge in [-0.05, 0) is 54.8 Å². The van der Waals surface area contributed by atoms with E-state index in [0.717, 1.165) is 5.41 Å². The minimum atomic E-state index is 1.06. The van der Waals surface area contributed by atoms with Crippen molar-refractivity contribution in [3.8, 4) is 0 Å². The van der Waals surface area contributed by atoms with Crippen molar-refractivity contribution >= 4 is 0 Å². The fourth-order valence-corrected chi connectivity index (χ4v) is 4.80. The third-order valence-electron chi connectivity index (χ3n) is 4.90. The molecule has 1 spiro atoms. The summed E-state index contributed by atoms with van der Waals surface area (Å²) in [6.07, 6.45) is 6.47. The first-order chi connectivity index (χ1) is 4.45. The minimum absolute atomic E-state index is 1.06. The molecule has 0 N–H and O–H groups in total. The molecule has 4 atom stereocenters. The summed E-state index contributed by atoms with van der Waals surface area (Å²) in [5.74, 6) is 5.06. The standard InChI is InChI=1S/C9H12/c1-2-6-8-4-3-7-5(1)9(6,7)8/h5-8H,1-4H2. The predicted molar refractivity (Wildman–Crippen MR) is 34.9 cm³/mol. The van der Waals surface area contributed by atoms with Gasteiger partial charge in [-0.25, -0.2) is 0 Å². The van der Waals surface area contributed by atoms with Gasteiger partial charge < -0.3 is 0 Å². The molecule has 0 heterocycles. The molecule has 4 rings (SSSR count). The quantitative estimate of drug-likeness (QED) is 0.459. The van der Waals surface area contributed by atoms with Crippen LogP contribution in [0.25, 0.3) is 0 Å². The Morgan fingerprint density at radius 3 is 1.22 bits per heavy atom. The zero-order valence-electron chi connectivity index (χ0n) is 5.64. The Kier molecular flexibility index (Phi) is 0.360. The van der Waals surface area contributed by atoms with Crippen molar-refractivity contribution in [2.75, 3.05) is 0 Å². The van der Waals surface area contributed by atoms with Crippen LogP contribution in [0, 0.1) is 29.1 Å². The highest BCUT2D eigenvalue weighted by atomic mass is 14.9. The smallest absolute Gasteiger partial charge is 0.0173 e. The molecule has 0 aromatic rings. The van der Waals surface area contributed by atoms with E-state index in [9.17, 15) is 0 Å². The molecule has 4 saturated carbocycles. The van der Waals surface area contributed by atoms with Crippen molar-refractivity contribution in [3.05, 3.63) is 0 Å². The molecule has 0 aromatic heterocycles. The van der Waals surface area contributed by atoms with Crippen LogP contribution in [0.4, 0.5) is 0 Å². The zero-order chi connectivity index (χ0) is 5.64. The molecular formula is C9H12. The second-order valence-electron chi connectivity index (χ2n) is 4.58. The maximum absolute atomic E-state index is 1.62. The van der Waals surface area contributed by atoms with Crippen LogP contribution in [0.2, 0.25) is 0 Å². The van der Waals surface area contributed by atoms with E-state index in [1.165, 1.54) is 23.7 Å². The Balaban J connectivity index is 1.95. The zero-order valence-corrected chi connectivity index (χ0v) is 5.64. The summed E-state index contributed by atoms with van der Waals surface area (Å²) in [7, 11) is 0. The minimum Gasteiger partial charge on any atom is -0.0493 e. The molecule has 0 aromatic carbocycles. The van der Waals surface area contributed by atoms with E-state index in [0.29, 0.717) is 0 Å². The highest BCUT2D eigenvalue weighted by molar-refractivity contribution is 5.35. The predicted octanol–water partition coefficient (Wildman–Crippen LogP) is 2.05. The number of fused-ring (bicyclic) bond motifs is 2. The molecule has 0 saturated heterocycles. The van der Waals surface area contributed by atoms with Crippen molar-refractivity contribution in [2.45, 2.75) is 25.7 Å². The molecule has 0 radical (unpaired) electrons. The lowest BCUT2D eigenvalue weighted by Crippen LogP contribution is -1.93. The number of hydrogen-bond donors (Lipinski definition) is 0. The van der Waals surface area contributed by atoms with Gasteiger partial charge in [-0.15, -0.1) is 0 Å². The monoisotopic (exact) mass is 120 g/mol. The number of hydrogen-bond acceptors (Lipinski definition) is 0. The van der Waals surface area contributed by atoms with Crippen molar-refractivity contribution in [3.63, 3.8) is 0 Å². The Morgan fingerprint density at radius 2 is 1.00 bits per heavy atom. The topological polar surface area (TPSA) is 0 Å². The molecule has 0 nitrogen and oxygen atoms in total. The highest BCUT2D eigenvalue weighted by Gasteiger charge is 2.88. The molecule has 4 aliphatic carbocycles. The first-order valence-corrected chi connectivity index (χ1v) is 4.45. The van der Waals surface area contributed by atoms with Gasteiger partial charge in [-0.2, -0.15) is 0 Å². The average molecular weight is 120 g/mol. The molecule has 4 aliphatic rings. The van der Waals surface area contributed by atoms with Crippen molar-refractivity contribution in [1.29, 1.82) is 0 Å². The van der Waals surface area contributed by atoms with Gasteiger partial charge in [-0.1, -0.05) is 0 Å². The van der Waals surface area contributed by atoms with E-state index in [-0.39, 0.29) is 0 Å². The summed E-state index contributed by atoms with van der Waals surface area (Å²) in [5, 5.41) is 0. The van der Waals surface area contributed by atoms with Gasteiger partial charge in [0.05, 0.1) is 0 Å². The van der Waals surface area contributed by atoms with Gasteiger partial charge in [0.15, 0.2) is 0 Å². The highest BCUT2D eigenvalue weighted by Crippen LogP contribution is 2.93. The fraction of sp³-hybridized carbons (Fsp3) is 1.00. The van der Waals surface area contributed by atoms with Crippen molar-refractivity contribution in [2.24, 2.45) is 29.1 Å². The lowest BCUT2D eigenvalue weighted by Gasteiger charge is -2.04. The van der Waals surface area contributed by atoms with Crippen LogP contribution >= 0.6 is 0 Å². The summed E-state index contributed by atoms with van der Waals surface area (Å²) in [6, 6.07) is 0. The molecule has 0 aliphatic heterocycles. The molecule has 4 unspecified atom stereocenters. The average Bonchev–Trinajstić information content (AvgIpc) is 2.47. The third-order valence-corrected chi connectivity index (χ3v) is 4.90. The van der Waals surface area contributed by atoms with Gasteiger partial charge in [0.25, 0.3) is 0 Å². The van der Waals surface area contributed by atoms with E-state index in [2.05, 4.69) is 0 Å². The summed E-state index contributed by atoms with van der Waals surface area (Å²) >= 11 is 0. The Hall–Kier alpha value is 0. The SMILES string of the molecule is C1CC2C3CCC4C1C423. The Morgan fingerprint density at radius 1 is 0.667 bits per heavy atom. The Bertz CT molecular complexity index is 149. The first kappa shape index (κ1) is 4.00. The first-order valence-electron chi connectivity index (χ1n) is 4.45. The van der Waals surface area contributed by atoms with E-state index in [4.69, 9.17) is 0 Å². The fourth-order valence-electron chi connectivity index (χ4n) is 4.80. The van der Waals surface area contributed by atoms with Gasteiger partial charge in [-0.3, -0.25) is 0 Å². The molecule has 0 amide bonds. The van der Waals surface area contributed by atoms with Crippen LogP contribution in [0.15, 0.2) is 0 Å². The summed E-state index contributed by atoms with van der Waals surface area (Å²) in [5.41, 5.74) is 1.06. The second-order valence-corrected chi connectivity index (χ2v) is 4.58. The molecule has 0 bridgehead atoms. The van der Waals surface area contributed by atoms with Crippen LogP contribution in [-0.4, -0.2) is 0 Å². The van der Waals surface area contributed by atoms with Crippen LogP contribution in [0.1, 0.15) is 25.7 Å². The second kappa shape index (κ2) is 0.810. The summed E-state index contributed by atoms with van der Waals surface area (Å²) in [4.78, 5) is 0. The van der Waals surface area contributed by atoms with E-state index in [1.807, 2.05) is 0 Å². The van der Waals surface area contributed by atoms with Gasteiger partial charge in [0.2, 0.25) is 0 Å². The molecule has 48 valence electrons. The van der Waals surface area contributed by atoms with Crippen molar-refractivity contribution < 1.29 is 0 Å². The van der Waals surface area contributed by atoms with Crippen LogP contribution in [0.5, 0.6) is 0 Å². The van der Waals surface area contributed by atoms with Crippen molar-refractivity contribution in [1.82, 2.24) is 0 Å². The normalized spacial score (nSPS) is 80.0. The summed E-state index contributed by atoms with van der Waals surface area (Å²) < 4.78 is 0. The van der Waals surface area contributed by atoms with Crippen LogP contribution in [-0.2, 0) is 0 Å². The van der Waals surface area contributed by atoms with Gasteiger partial charge >= 0.3 is 0 Å². The molecule has 9 heavy (non-hydrogen) atoms. The van der Waals surface area contributed by atoms with E-state index >= 15 is 0 Å². The molecule has 0 heteroatoms. The van der Waals surface area contributed by atoms with Gasteiger partial charge in [0.1, 0.15) is 0 Å². The maximum atomic E-state index is 1.62. The van der Waals surface area contributed by atoms with E-state index in [1.54, 1.807) is 25.7 Å². The lowest BCUT2D eigenvalue weighted by atomic mass is 10.0. The maximum Gasteiger partial charge on any atom is -0.0173 e. The number of rotatable bonds is 0. The van der Waals surface area contributed by atoms with Gasteiger partial charge in [0, 0.05) is 0 Å². The third kappa shape index (κ3) is 0.199. The van der Waals surface area contributed by atoms with E-state index < -0.39 is 0 Å². The Labute approximate surface area is 55.6 Å². The summed E-state index contributed by atoms with van der Waals surface area (Å²) in [6.45, 7) is 0. The largest absolute Gasteiger partial charge is 0.0493 e. The molecular weight excluding hydrogens is 108 g/mol. The molecule has 4 fully saturated rings. The van der Waals surface area contributed by atoms with Crippen LogP contribution < -0.4 is 0 Å².